The van der Waals surface area contributed by atoms with E-state index in [1.807, 2.05) is 36.6 Å². The summed E-state index contributed by atoms with van der Waals surface area (Å²) in [6.07, 6.45) is 7.08. The number of thioether (sulfide) groups is 1. The zero-order valence-electron chi connectivity index (χ0n) is 13.3. The van der Waals surface area contributed by atoms with Crippen molar-refractivity contribution in [3.05, 3.63) is 47.0 Å². The summed E-state index contributed by atoms with van der Waals surface area (Å²) >= 11 is 4.26. The third-order valence-corrected chi connectivity index (χ3v) is 5.79. The fourth-order valence-corrected chi connectivity index (χ4v) is 4.22. The quantitative estimate of drug-likeness (QED) is 0.278. The van der Waals surface area contributed by atoms with Gasteiger partial charge >= 0.3 is 0 Å². The number of nitriles is 1. The summed E-state index contributed by atoms with van der Waals surface area (Å²) in [5.41, 5.74) is 3.11. The largest absolute Gasteiger partial charge is 0.238 e. The molecule has 0 unspecified atom stereocenters. The first-order valence-corrected chi connectivity index (χ1v) is 9.92. The van der Waals surface area contributed by atoms with Crippen molar-refractivity contribution in [1.82, 2.24) is 15.0 Å². The molecule has 3 aromatic rings. The number of hydrogen-bond acceptors (Lipinski definition) is 7. The predicted octanol–water partition coefficient (Wildman–Crippen LogP) is 4.66. The minimum absolute atomic E-state index is 0.453. The van der Waals surface area contributed by atoms with Crippen LogP contribution in [0.25, 0.3) is 11.3 Å². The number of rotatable bonds is 5. The van der Waals surface area contributed by atoms with Crippen LogP contribution in [-0.4, -0.2) is 20.7 Å². The van der Waals surface area contributed by atoms with Gasteiger partial charge in [-0.1, -0.05) is 47.5 Å². The third kappa shape index (κ3) is 4.21. The number of terminal acetylenes is 1. The fourth-order valence-electron chi connectivity index (χ4n) is 2.03. The van der Waals surface area contributed by atoms with Crippen LogP contribution in [0.5, 0.6) is 0 Å². The maximum Gasteiger partial charge on any atom is 0.190 e. The van der Waals surface area contributed by atoms with E-state index in [4.69, 9.17) is 6.42 Å². The zero-order valence-corrected chi connectivity index (χ0v) is 15.7. The number of aryl methyl sites for hydroxylation is 1. The van der Waals surface area contributed by atoms with Gasteiger partial charge in [-0.25, -0.2) is 15.0 Å². The highest BCUT2D eigenvalue weighted by Crippen LogP contribution is 2.35. The summed E-state index contributed by atoms with van der Waals surface area (Å²) in [5, 5.41) is 12.8. The van der Waals surface area contributed by atoms with Gasteiger partial charge in [-0.3, -0.25) is 0 Å². The number of hydrogen-bond donors (Lipinski definition) is 0. The van der Waals surface area contributed by atoms with Crippen LogP contribution in [0.1, 0.15) is 11.1 Å². The molecule has 7 heteroatoms. The Kier molecular flexibility index (Phi) is 5.72. The molecule has 0 amide bonds. The number of aromatic nitrogens is 3. The summed E-state index contributed by atoms with van der Waals surface area (Å²) in [6, 6.07) is 10.2. The minimum atomic E-state index is 0.453. The third-order valence-electron chi connectivity index (χ3n) is 3.17. The van der Waals surface area contributed by atoms with Gasteiger partial charge in [-0.05, 0) is 18.7 Å². The second-order valence-corrected chi connectivity index (χ2v) is 7.98. The van der Waals surface area contributed by atoms with E-state index in [2.05, 4.69) is 26.9 Å². The predicted molar refractivity (Wildman–Crippen MR) is 103 cm³/mol. The van der Waals surface area contributed by atoms with Crippen LogP contribution in [0.3, 0.4) is 0 Å². The smallest absolute Gasteiger partial charge is 0.190 e. The van der Waals surface area contributed by atoms with Crippen molar-refractivity contribution in [2.75, 3.05) is 5.75 Å². The van der Waals surface area contributed by atoms with Gasteiger partial charge in [0.05, 0.1) is 11.4 Å². The van der Waals surface area contributed by atoms with Crippen molar-refractivity contribution < 1.29 is 0 Å². The second-order valence-electron chi connectivity index (χ2n) is 4.91. The van der Waals surface area contributed by atoms with Gasteiger partial charge in [-0.2, -0.15) is 5.26 Å². The van der Waals surface area contributed by atoms with Gasteiger partial charge in [0.1, 0.15) is 16.7 Å². The molecule has 4 nitrogen and oxygen atoms in total. The number of thiazole rings is 1. The SMILES string of the molecule is C#CCSc1nc(Sc2nccs2)c(C#N)c(-c2ccc(C)cc2)n1. The Morgan fingerprint density at radius 3 is 2.68 bits per heavy atom. The first kappa shape index (κ1) is 17.5. The van der Waals surface area contributed by atoms with Gasteiger partial charge in [0, 0.05) is 17.1 Å². The normalized spacial score (nSPS) is 10.2. The lowest BCUT2D eigenvalue weighted by Gasteiger charge is -2.10. The Morgan fingerprint density at radius 1 is 1.24 bits per heavy atom. The van der Waals surface area contributed by atoms with Crippen LogP contribution in [0, 0.1) is 30.6 Å². The van der Waals surface area contributed by atoms with E-state index in [9.17, 15) is 5.26 Å². The topological polar surface area (TPSA) is 62.5 Å². The Bertz CT molecular complexity index is 952. The molecule has 2 aromatic heterocycles. The van der Waals surface area contributed by atoms with Crippen molar-refractivity contribution in [2.24, 2.45) is 0 Å². The second kappa shape index (κ2) is 8.17. The lowest BCUT2D eigenvalue weighted by molar-refractivity contribution is 0.888. The van der Waals surface area contributed by atoms with Crippen molar-refractivity contribution in [3.63, 3.8) is 0 Å². The standard InChI is InChI=1S/C18H12N4S3/c1-3-9-23-17-21-15(13-6-4-12(2)5-7-13)14(11-19)16(22-17)25-18-20-8-10-24-18/h1,4-8,10H,9H2,2H3. The van der Waals surface area contributed by atoms with E-state index >= 15 is 0 Å². The van der Waals surface area contributed by atoms with Gasteiger partial charge in [0.2, 0.25) is 0 Å². The lowest BCUT2D eigenvalue weighted by atomic mass is 10.1. The summed E-state index contributed by atoms with van der Waals surface area (Å²) in [6.45, 7) is 2.02. The van der Waals surface area contributed by atoms with Crippen molar-refractivity contribution in [3.8, 4) is 29.7 Å². The molecule has 0 bridgehead atoms. The minimum Gasteiger partial charge on any atom is -0.238 e. The Balaban J connectivity index is 2.12. The van der Waals surface area contributed by atoms with Gasteiger partial charge in [-0.15, -0.1) is 17.8 Å². The molecule has 25 heavy (non-hydrogen) atoms. The molecule has 0 fully saturated rings. The first-order valence-electron chi connectivity index (χ1n) is 7.24. The van der Waals surface area contributed by atoms with Gasteiger partial charge in [0.15, 0.2) is 9.50 Å². The summed E-state index contributed by atoms with van der Waals surface area (Å²) in [4.78, 5) is 13.4. The van der Waals surface area contributed by atoms with Crippen molar-refractivity contribution in [2.45, 2.75) is 21.4 Å². The molecule has 0 aliphatic heterocycles. The van der Waals surface area contributed by atoms with E-state index in [1.54, 1.807) is 6.20 Å². The monoisotopic (exact) mass is 380 g/mol. The van der Waals surface area contributed by atoms with Crippen LogP contribution < -0.4 is 0 Å². The fraction of sp³-hybridized carbons (Fsp3) is 0.111. The van der Waals surface area contributed by atoms with Crippen LogP contribution >= 0.6 is 34.9 Å². The molecule has 0 aliphatic carbocycles. The Morgan fingerprint density at radius 2 is 2.04 bits per heavy atom. The van der Waals surface area contributed by atoms with Gasteiger partial charge in [0.25, 0.3) is 0 Å². The zero-order chi connectivity index (χ0) is 17.6. The van der Waals surface area contributed by atoms with E-state index in [0.717, 1.165) is 15.5 Å². The molecule has 0 saturated carbocycles. The van der Waals surface area contributed by atoms with Crippen LogP contribution in [0.4, 0.5) is 0 Å². The number of benzene rings is 1. The molecule has 1 aromatic carbocycles. The average Bonchev–Trinajstić information content (AvgIpc) is 3.13. The van der Waals surface area contributed by atoms with E-state index in [0.29, 0.717) is 27.2 Å². The van der Waals surface area contributed by atoms with E-state index in [-0.39, 0.29) is 0 Å². The molecule has 0 saturated heterocycles. The van der Waals surface area contributed by atoms with Crippen LogP contribution in [-0.2, 0) is 0 Å². The van der Waals surface area contributed by atoms with E-state index < -0.39 is 0 Å². The summed E-state index contributed by atoms with van der Waals surface area (Å²) in [5.74, 6) is 3.05. The first-order chi connectivity index (χ1) is 12.2. The molecule has 0 radical (unpaired) electrons. The highest BCUT2D eigenvalue weighted by atomic mass is 32.2. The maximum atomic E-state index is 9.71. The Hall–Kier alpha value is -2.32. The molecule has 0 spiro atoms. The van der Waals surface area contributed by atoms with Crippen LogP contribution in [0.15, 0.2) is 50.4 Å². The maximum absolute atomic E-state index is 9.71. The summed E-state index contributed by atoms with van der Waals surface area (Å²) in [7, 11) is 0. The van der Waals surface area contributed by atoms with Crippen molar-refractivity contribution >= 4 is 34.9 Å². The molecule has 2 heterocycles. The Labute approximate surface area is 158 Å². The molecule has 0 aliphatic rings. The molecule has 0 N–H and O–H groups in total. The van der Waals surface area contributed by atoms with E-state index in [1.165, 1.54) is 34.9 Å². The highest BCUT2D eigenvalue weighted by Gasteiger charge is 2.18. The molecule has 122 valence electrons. The van der Waals surface area contributed by atoms with Crippen LogP contribution in [0.2, 0.25) is 0 Å². The molecular weight excluding hydrogens is 368 g/mol. The molecular formula is C18H12N4S3. The van der Waals surface area contributed by atoms with Gasteiger partial charge < -0.3 is 0 Å². The lowest BCUT2D eigenvalue weighted by Crippen LogP contribution is -1.99. The molecule has 3 rings (SSSR count). The molecule has 0 atom stereocenters. The highest BCUT2D eigenvalue weighted by molar-refractivity contribution is 8.01. The van der Waals surface area contributed by atoms with Crippen molar-refractivity contribution in [1.29, 1.82) is 5.26 Å². The average molecular weight is 381 g/mol. The number of nitrogens with zero attached hydrogens (tertiary/aromatic N) is 4. The summed E-state index contributed by atoms with van der Waals surface area (Å²) < 4.78 is 0.831.